The first-order valence-electron chi connectivity index (χ1n) is 6.13. The molecule has 4 nitrogen and oxygen atoms in total. The molecule has 0 atom stereocenters. The molecule has 4 heteroatoms. The van der Waals surface area contributed by atoms with Gasteiger partial charge in [0, 0.05) is 0 Å². The summed E-state index contributed by atoms with van der Waals surface area (Å²) in [6.07, 6.45) is 0.0698. The number of amides is 1. The van der Waals surface area contributed by atoms with Gasteiger partial charge in [0.15, 0.2) is 0 Å². The molecule has 1 amide bonds. The SMILES string of the molecule is CNC(C)(C)C(=O)Nc1ccccc1OC(C)C. The standard InChI is InChI=1S/C14H22N2O2/c1-10(2)18-12-9-7-6-8-11(12)16-13(17)14(3,4)15-5/h6-10,15H,1-5H3,(H,16,17). The van der Waals surface area contributed by atoms with Crippen LogP contribution in [0.5, 0.6) is 5.75 Å². The molecule has 1 aromatic rings. The van der Waals surface area contributed by atoms with Gasteiger partial charge in [0.25, 0.3) is 0 Å². The Morgan fingerprint density at radius 2 is 1.89 bits per heavy atom. The minimum Gasteiger partial charge on any atom is -0.489 e. The molecule has 0 heterocycles. The number of para-hydroxylation sites is 2. The monoisotopic (exact) mass is 250 g/mol. The van der Waals surface area contributed by atoms with Gasteiger partial charge >= 0.3 is 0 Å². The lowest BCUT2D eigenvalue weighted by Gasteiger charge is -2.23. The quantitative estimate of drug-likeness (QED) is 0.843. The van der Waals surface area contributed by atoms with Crippen molar-refractivity contribution in [1.82, 2.24) is 5.32 Å². The van der Waals surface area contributed by atoms with E-state index < -0.39 is 5.54 Å². The molecule has 0 radical (unpaired) electrons. The Morgan fingerprint density at radius 3 is 2.44 bits per heavy atom. The van der Waals surface area contributed by atoms with Crippen molar-refractivity contribution in [2.75, 3.05) is 12.4 Å². The molecule has 0 fully saturated rings. The molecule has 0 saturated carbocycles. The highest BCUT2D eigenvalue weighted by Crippen LogP contribution is 2.25. The number of hydrogen-bond acceptors (Lipinski definition) is 3. The minimum atomic E-state index is -0.620. The topological polar surface area (TPSA) is 50.4 Å². The van der Waals surface area contributed by atoms with Crippen molar-refractivity contribution in [1.29, 1.82) is 0 Å². The predicted molar refractivity (Wildman–Crippen MR) is 74.0 cm³/mol. The van der Waals surface area contributed by atoms with Crippen molar-refractivity contribution in [3.63, 3.8) is 0 Å². The number of benzene rings is 1. The lowest BCUT2D eigenvalue weighted by molar-refractivity contribution is -0.121. The van der Waals surface area contributed by atoms with Crippen molar-refractivity contribution in [3.8, 4) is 5.75 Å². The van der Waals surface area contributed by atoms with Gasteiger partial charge in [0.1, 0.15) is 5.75 Å². The lowest BCUT2D eigenvalue weighted by atomic mass is 10.1. The number of hydrogen-bond donors (Lipinski definition) is 2. The zero-order valence-corrected chi connectivity index (χ0v) is 11.7. The van der Waals surface area contributed by atoms with Crippen LogP contribution in [0.2, 0.25) is 0 Å². The molecule has 0 bridgehead atoms. The van der Waals surface area contributed by atoms with Gasteiger partial charge in [-0.2, -0.15) is 0 Å². The fourth-order valence-electron chi connectivity index (χ4n) is 1.32. The Bertz CT molecular complexity index is 414. The molecule has 0 unspecified atom stereocenters. The van der Waals surface area contributed by atoms with Gasteiger partial charge in [-0.15, -0.1) is 0 Å². The first-order valence-corrected chi connectivity index (χ1v) is 6.13. The van der Waals surface area contributed by atoms with Crippen molar-refractivity contribution >= 4 is 11.6 Å². The van der Waals surface area contributed by atoms with E-state index in [4.69, 9.17) is 4.74 Å². The predicted octanol–water partition coefficient (Wildman–Crippen LogP) is 2.41. The third-order valence-electron chi connectivity index (χ3n) is 2.69. The number of rotatable bonds is 5. The minimum absolute atomic E-state index is 0.0698. The van der Waals surface area contributed by atoms with Gasteiger partial charge in [0.2, 0.25) is 5.91 Å². The van der Waals surface area contributed by atoms with Crippen molar-refractivity contribution < 1.29 is 9.53 Å². The summed E-state index contributed by atoms with van der Waals surface area (Å²) in [7, 11) is 1.76. The first kappa shape index (κ1) is 14.5. The van der Waals surface area contributed by atoms with E-state index in [9.17, 15) is 4.79 Å². The van der Waals surface area contributed by atoms with Crippen LogP contribution in [0.4, 0.5) is 5.69 Å². The number of nitrogens with one attached hydrogen (secondary N) is 2. The van der Waals surface area contributed by atoms with Gasteiger partial charge < -0.3 is 15.4 Å². The summed E-state index contributed by atoms with van der Waals surface area (Å²) in [6, 6.07) is 7.44. The molecular weight excluding hydrogens is 228 g/mol. The average molecular weight is 250 g/mol. The molecule has 1 rings (SSSR count). The number of carbonyl (C=O) groups is 1. The number of ether oxygens (including phenoxy) is 1. The van der Waals surface area contributed by atoms with E-state index in [-0.39, 0.29) is 12.0 Å². The van der Waals surface area contributed by atoms with Gasteiger partial charge in [-0.05, 0) is 46.9 Å². The van der Waals surface area contributed by atoms with Crippen molar-refractivity contribution in [2.24, 2.45) is 0 Å². The molecule has 2 N–H and O–H groups in total. The molecule has 0 spiro atoms. The third kappa shape index (κ3) is 3.74. The second-order valence-corrected chi connectivity index (χ2v) is 4.99. The fourth-order valence-corrected chi connectivity index (χ4v) is 1.32. The zero-order valence-electron chi connectivity index (χ0n) is 11.7. The summed E-state index contributed by atoms with van der Waals surface area (Å²) >= 11 is 0. The lowest BCUT2D eigenvalue weighted by Crippen LogP contribution is -2.47. The Balaban J connectivity index is 2.87. The van der Waals surface area contributed by atoms with E-state index in [1.165, 1.54) is 0 Å². The zero-order chi connectivity index (χ0) is 13.8. The van der Waals surface area contributed by atoms with Crippen LogP contribution in [0.3, 0.4) is 0 Å². The molecule has 18 heavy (non-hydrogen) atoms. The molecule has 100 valence electrons. The molecule has 0 aliphatic carbocycles. The van der Waals surface area contributed by atoms with Crippen LogP contribution in [-0.2, 0) is 4.79 Å². The fraction of sp³-hybridized carbons (Fsp3) is 0.500. The summed E-state index contributed by atoms with van der Waals surface area (Å²) in [6.45, 7) is 7.56. The normalized spacial score (nSPS) is 11.4. The van der Waals surface area contributed by atoms with Crippen LogP contribution >= 0.6 is 0 Å². The Labute approximate surface area is 109 Å². The van der Waals surface area contributed by atoms with Crippen LogP contribution in [0, 0.1) is 0 Å². The second-order valence-electron chi connectivity index (χ2n) is 4.99. The van der Waals surface area contributed by atoms with Gasteiger partial charge in [0.05, 0.1) is 17.3 Å². The molecule has 0 aliphatic rings. The van der Waals surface area contributed by atoms with Gasteiger partial charge in [-0.1, -0.05) is 12.1 Å². The average Bonchev–Trinajstić information content (AvgIpc) is 2.31. The van der Waals surface area contributed by atoms with E-state index in [0.717, 1.165) is 0 Å². The Kier molecular flexibility index (Phi) is 4.73. The summed E-state index contributed by atoms with van der Waals surface area (Å²) in [4.78, 5) is 12.1. The van der Waals surface area contributed by atoms with E-state index in [1.54, 1.807) is 7.05 Å². The van der Waals surface area contributed by atoms with Crippen LogP contribution in [0.25, 0.3) is 0 Å². The highest BCUT2D eigenvalue weighted by Gasteiger charge is 2.25. The summed E-state index contributed by atoms with van der Waals surface area (Å²) in [5.41, 5.74) is 0.0739. The molecule has 0 aromatic heterocycles. The van der Waals surface area contributed by atoms with E-state index in [1.807, 2.05) is 52.0 Å². The summed E-state index contributed by atoms with van der Waals surface area (Å²) in [5.74, 6) is 0.595. The van der Waals surface area contributed by atoms with E-state index in [2.05, 4.69) is 10.6 Å². The number of likely N-dealkylation sites (N-methyl/N-ethyl adjacent to an activating group) is 1. The number of carbonyl (C=O) groups excluding carboxylic acids is 1. The van der Waals surface area contributed by atoms with Crippen molar-refractivity contribution in [3.05, 3.63) is 24.3 Å². The van der Waals surface area contributed by atoms with E-state index >= 15 is 0 Å². The van der Waals surface area contributed by atoms with Crippen LogP contribution in [-0.4, -0.2) is 24.6 Å². The highest BCUT2D eigenvalue weighted by atomic mass is 16.5. The molecule has 1 aromatic carbocycles. The smallest absolute Gasteiger partial charge is 0.244 e. The van der Waals surface area contributed by atoms with Crippen LogP contribution < -0.4 is 15.4 Å². The second kappa shape index (κ2) is 5.87. The first-order chi connectivity index (χ1) is 8.36. The van der Waals surface area contributed by atoms with E-state index in [0.29, 0.717) is 11.4 Å². The maximum absolute atomic E-state index is 12.1. The Morgan fingerprint density at radius 1 is 1.28 bits per heavy atom. The largest absolute Gasteiger partial charge is 0.489 e. The summed E-state index contributed by atoms with van der Waals surface area (Å²) < 4.78 is 5.66. The van der Waals surface area contributed by atoms with Crippen LogP contribution in [0.1, 0.15) is 27.7 Å². The molecule has 0 saturated heterocycles. The number of anilines is 1. The van der Waals surface area contributed by atoms with Crippen LogP contribution in [0.15, 0.2) is 24.3 Å². The maximum Gasteiger partial charge on any atom is 0.244 e. The maximum atomic E-state index is 12.1. The highest BCUT2D eigenvalue weighted by molar-refractivity contribution is 5.98. The van der Waals surface area contributed by atoms with Gasteiger partial charge in [-0.3, -0.25) is 4.79 Å². The van der Waals surface area contributed by atoms with Crippen molar-refractivity contribution in [2.45, 2.75) is 39.3 Å². The van der Waals surface area contributed by atoms with Gasteiger partial charge in [-0.25, -0.2) is 0 Å². The Hall–Kier alpha value is -1.55. The third-order valence-corrected chi connectivity index (χ3v) is 2.69. The molecular formula is C14H22N2O2. The molecule has 0 aliphatic heterocycles. The summed E-state index contributed by atoms with van der Waals surface area (Å²) in [5, 5.41) is 5.85.